The summed E-state index contributed by atoms with van der Waals surface area (Å²) in [5, 5.41) is 7.12. The molecule has 0 radical (unpaired) electrons. The molecule has 1 saturated heterocycles. The van der Waals surface area contributed by atoms with Crippen LogP contribution in [0.3, 0.4) is 0 Å². The highest BCUT2D eigenvalue weighted by Gasteiger charge is 2.39. The van der Waals surface area contributed by atoms with Crippen molar-refractivity contribution in [2.45, 2.75) is 43.6 Å². The van der Waals surface area contributed by atoms with E-state index in [1.165, 1.54) is 0 Å². The number of rotatable bonds is 5. The maximum absolute atomic E-state index is 13.1. The summed E-state index contributed by atoms with van der Waals surface area (Å²) in [6, 6.07) is 10.5. The Balaban J connectivity index is 0.000000673. The normalized spacial score (nSPS) is 18.3. The Kier molecular flexibility index (Phi) is 10.4. The second kappa shape index (κ2) is 12.7. The SMILES string of the molecule is NCC(=O)N1CCC(OCc2cc(C(F)(F)F)cc(C(F)(F)F)c2)C(c2ccccc2)C1.O=C(O)C(F)(F)F. The minimum atomic E-state index is -5.08. The predicted molar refractivity (Wildman–Crippen MR) is 118 cm³/mol. The second-order valence-corrected chi connectivity index (χ2v) is 8.42. The molecule has 0 aromatic heterocycles. The number of likely N-dealkylation sites (tertiary alicyclic amines) is 1. The van der Waals surface area contributed by atoms with E-state index in [0.29, 0.717) is 31.6 Å². The van der Waals surface area contributed by atoms with Gasteiger partial charge in [0.15, 0.2) is 0 Å². The maximum Gasteiger partial charge on any atom is 0.490 e. The van der Waals surface area contributed by atoms with Crippen molar-refractivity contribution in [3.63, 3.8) is 0 Å². The first kappa shape index (κ1) is 31.9. The number of hydrogen-bond acceptors (Lipinski definition) is 4. The number of nitrogens with zero attached hydrogens (tertiary/aromatic N) is 1. The Morgan fingerprint density at radius 3 is 1.87 bits per heavy atom. The number of alkyl halides is 9. The summed E-state index contributed by atoms with van der Waals surface area (Å²) >= 11 is 0. The topological polar surface area (TPSA) is 92.9 Å². The van der Waals surface area contributed by atoms with Crippen molar-refractivity contribution in [3.05, 3.63) is 70.8 Å². The lowest BCUT2D eigenvalue weighted by atomic mass is 9.87. The Morgan fingerprint density at radius 2 is 1.44 bits per heavy atom. The number of piperidine rings is 1. The van der Waals surface area contributed by atoms with E-state index in [-0.39, 0.29) is 30.0 Å². The molecule has 1 heterocycles. The number of ether oxygens (including phenoxy) is 1. The predicted octanol–water partition coefficient (Wildman–Crippen LogP) is 5.22. The largest absolute Gasteiger partial charge is 0.490 e. The van der Waals surface area contributed by atoms with Crippen LogP contribution < -0.4 is 5.73 Å². The third-order valence-corrected chi connectivity index (χ3v) is 5.66. The van der Waals surface area contributed by atoms with Gasteiger partial charge in [0.25, 0.3) is 0 Å². The number of hydrogen-bond donors (Lipinski definition) is 2. The van der Waals surface area contributed by atoms with Crippen LogP contribution in [0.4, 0.5) is 39.5 Å². The molecule has 2 aromatic rings. The number of carboxylic acid groups (broad SMARTS) is 1. The number of halogens is 9. The molecule has 2 unspecified atom stereocenters. The monoisotopic (exact) mass is 574 g/mol. The van der Waals surface area contributed by atoms with Crippen LogP contribution in [0, 0.1) is 0 Å². The Bertz CT molecular complexity index is 1090. The number of carbonyl (C=O) groups is 2. The van der Waals surface area contributed by atoms with Gasteiger partial charge in [-0.3, -0.25) is 4.79 Å². The highest BCUT2D eigenvalue weighted by atomic mass is 19.4. The van der Waals surface area contributed by atoms with Gasteiger partial charge in [-0.05, 0) is 35.7 Å². The van der Waals surface area contributed by atoms with Crippen LogP contribution in [0.15, 0.2) is 48.5 Å². The van der Waals surface area contributed by atoms with Gasteiger partial charge in [0.1, 0.15) is 0 Å². The fourth-order valence-corrected chi connectivity index (χ4v) is 3.81. The summed E-state index contributed by atoms with van der Waals surface area (Å²) in [5.74, 6) is -3.29. The van der Waals surface area contributed by atoms with Crippen LogP contribution in [0.25, 0.3) is 0 Å². The van der Waals surface area contributed by atoms with Crippen molar-refractivity contribution in [2.24, 2.45) is 5.73 Å². The summed E-state index contributed by atoms with van der Waals surface area (Å²) in [7, 11) is 0. The van der Waals surface area contributed by atoms with Gasteiger partial charge in [-0.15, -0.1) is 0 Å². The summed E-state index contributed by atoms with van der Waals surface area (Å²) in [6.45, 7) is 0.0465. The maximum atomic E-state index is 13.1. The average molecular weight is 574 g/mol. The van der Waals surface area contributed by atoms with E-state index in [4.69, 9.17) is 20.4 Å². The van der Waals surface area contributed by atoms with E-state index in [0.717, 1.165) is 5.56 Å². The van der Waals surface area contributed by atoms with E-state index >= 15 is 0 Å². The molecule has 2 aromatic carbocycles. The molecule has 0 spiro atoms. The first-order chi connectivity index (χ1) is 17.9. The van der Waals surface area contributed by atoms with Crippen LogP contribution in [0.2, 0.25) is 0 Å². The molecule has 2 atom stereocenters. The van der Waals surface area contributed by atoms with Gasteiger partial charge in [0, 0.05) is 19.0 Å². The zero-order valence-corrected chi connectivity index (χ0v) is 19.9. The van der Waals surface area contributed by atoms with Crippen molar-refractivity contribution < 1.29 is 58.9 Å². The van der Waals surface area contributed by atoms with Crippen LogP contribution in [-0.4, -0.2) is 53.8 Å². The third-order valence-electron chi connectivity index (χ3n) is 5.66. The molecule has 216 valence electrons. The van der Waals surface area contributed by atoms with Gasteiger partial charge in [0.05, 0.1) is 30.4 Å². The van der Waals surface area contributed by atoms with Gasteiger partial charge >= 0.3 is 24.5 Å². The minimum Gasteiger partial charge on any atom is -0.475 e. The van der Waals surface area contributed by atoms with Gasteiger partial charge < -0.3 is 20.5 Å². The quantitative estimate of drug-likeness (QED) is 0.478. The Labute approximate surface area is 216 Å². The van der Waals surface area contributed by atoms with E-state index in [2.05, 4.69) is 0 Å². The van der Waals surface area contributed by atoms with Crippen LogP contribution in [0.1, 0.15) is 34.6 Å². The number of nitrogens with two attached hydrogens (primary N) is 1. The van der Waals surface area contributed by atoms with Crippen molar-refractivity contribution in [3.8, 4) is 0 Å². The summed E-state index contributed by atoms with van der Waals surface area (Å²) in [5.41, 5.74) is 3.32. The standard InChI is InChI=1S/C22H22F6N2O2.C2HF3O2/c23-21(24,25)16-8-14(9-17(10-16)22(26,27)28)13-32-19-6-7-30(20(31)11-29)12-18(19)15-4-2-1-3-5-15;3-2(4,5)1(6)7/h1-5,8-10,18-19H,6-7,11-13,29H2;(H,6,7). The van der Waals surface area contributed by atoms with Crippen molar-refractivity contribution in [1.82, 2.24) is 4.90 Å². The Morgan fingerprint density at radius 1 is 0.923 bits per heavy atom. The molecule has 0 saturated carbocycles. The molecule has 15 heteroatoms. The molecule has 0 bridgehead atoms. The lowest BCUT2D eigenvalue weighted by Gasteiger charge is -2.38. The molecule has 0 aliphatic carbocycles. The van der Waals surface area contributed by atoms with E-state index in [9.17, 15) is 44.3 Å². The van der Waals surface area contributed by atoms with E-state index in [1.54, 1.807) is 17.0 Å². The molecule has 1 amide bonds. The van der Waals surface area contributed by atoms with E-state index in [1.807, 2.05) is 18.2 Å². The van der Waals surface area contributed by atoms with Gasteiger partial charge in [-0.1, -0.05) is 30.3 Å². The molecule has 6 nitrogen and oxygen atoms in total. The lowest BCUT2D eigenvalue weighted by molar-refractivity contribution is -0.192. The minimum absolute atomic E-state index is 0.0905. The first-order valence-electron chi connectivity index (χ1n) is 11.2. The third kappa shape index (κ3) is 9.42. The average Bonchev–Trinajstić information content (AvgIpc) is 2.86. The first-order valence-corrected chi connectivity index (χ1v) is 11.2. The van der Waals surface area contributed by atoms with Crippen molar-refractivity contribution in [2.75, 3.05) is 19.6 Å². The van der Waals surface area contributed by atoms with Gasteiger partial charge in [0.2, 0.25) is 5.91 Å². The number of benzene rings is 2. The van der Waals surface area contributed by atoms with E-state index < -0.39 is 48.3 Å². The second-order valence-electron chi connectivity index (χ2n) is 8.42. The molecule has 1 aliphatic heterocycles. The molecular formula is C24H23F9N2O4. The van der Waals surface area contributed by atoms with Gasteiger partial charge in [-0.25, -0.2) is 4.79 Å². The van der Waals surface area contributed by atoms with Crippen molar-refractivity contribution in [1.29, 1.82) is 0 Å². The van der Waals surface area contributed by atoms with Crippen LogP contribution in [-0.2, 0) is 33.3 Å². The number of aliphatic carboxylic acids is 1. The van der Waals surface area contributed by atoms with Crippen LogP contribution >= 0.6 is 0 Å². The Hall–Kier alpha value is -3.33. The fraction of sp³-hybridized carbons (Fsp3) is 0.417. The molecule has 1 aliphatic rings. The fourth-order valence-electron chi connectivity index (χ4n) is 3.81. The molecule has 39 heavy (non-hydrogen) atoms. The number of carbonyl (C=O) groups excluding carboxylic acids is 1. The summed E-state index contributed by atoms with van der Waals surface area (Å²) < 4.78 is 116. The van der Waals surface area contributed by atoms with Crippen molar-refractivity contribution >= 4 is 11.9 Å². The highest BCUT2D eigenvalue weighted by molar-refractivity contribution is 5.78. The number of amides is 1. The summed E-state index contributed by atoms with van der Waals surface area (Å²) in [4.78, 5) is 22.5. The number of carboxylic acids is 1. The molecule has 3 N–H and O–H groups in total. The zero-order valence-electron chi connectivity index (χ0n) is 19.9. The summed E-state index contributed by atoms with van der Waals surface area (Å²) in [6.07, 6.45) is -15.0. The lowest BCUT2D eigenvalue weighted by Crippen LogP contribution is -2.47. The zero-order chi connectivity index (χ0) is 29.6. The molecule has 3 rings (SSSR count). The smallest absolute Gasteiger partial charge is 0.475 e. The molecule has 1 fully saturated rings. The highest BCUT2D eigenvalue weighted by Crippen LogP contribution is 2.37. The molecular weight excluding hydrogens is 551 g/mol. The van der Waals surface area contributed by atoms with Crippen LogP contribution in [0.5, 0.6) is 0 Å². The van der Waals surface area contributed by atoms with Gasteiger partial charge in [-0.2, -0.15) is 39.5 Å².